The van der Waals surface area contributed by atoms with Crippen LogP contribution < -0.4 is 10.5 Å². The molecule has 7 nitrogen and oxygen atoms in total. The number of nitrogens with two attached hydrogens (primary N) is 1. The van der Waals surface area contributed by atoms with Gasteiger partial charge in [0.25, 0.3) is 0 Å². The molecule has 0 saturated carbocycles. The van der Waals surface area contributed by atoms with Crippen LogP contribution >= 0.6 is 0 Å². The van der Waals surface area contributed by atoms with Gasteiger partial charge in [0.05, 0.1) is 16.3 Å². The molecule has 1 heterocycles. The van der Waals surface area contributed by atoms with Gasteiger partial charge in [-0.3, -0.25) is 4.98 Å². The van der Waals surface area contributed by atoms with Crippen LogP contribution in [-0.4, -0.2) is 20.3 Å². The second kappa shape index (κ2) is 7.44. The highest BCUT2D eigenvalue weighted by Gasteiger charge is 2.26. The SMILES string of the molecule is Cc1nc(C(C)(C)O)ccc1S(N)(=O)=NC(=O)Nc1c2c(cc3c1CCC3)CCC2. The summed E-state index contributed by atoms with van der Waals surface area (Å²) < 4.78 is 16.9. The summed E-state index contributed by atoms with van der Waals surface area (Å²) in [6.45, 7) is 4.87. The summed E-state index contributed by atoms with van der Waals surface area (Å²) in [5.74, 6) is 0. The Morgan fingerprint density at radius 2 is 1.77 bits per heavy atom. The first kappa shape index (κ1) is 21.0. The minimum Gasteiger partial charge on any atom is -0.384 e. The van der Waals surface area contributed by atoms with E-state index in [1.54, 1.807) is 26.8 Å². The molecule has 0 spiro atoms. The number of hydrogen-bond donors (Lipinski definition) is 3. The second-order valence-corrected chi connectivity index (χ2v) is 10.4. The van der Waals surface area contributed by atoms with E-state index in [1.165, 1.54) is 28.3 Å². The van der Waals surface area contributed by atoms with E-state index in [-0.39, 0.29) is 4.90 Å². The Morgan fingerprint density at radius 3 is 2.30 bits per heavy atom. The number of anilines is 1. The standard InChI is InChI=1S/C22H28N4O3S/c1-13-18(10-11-19(24-13)22(2,3)28)30(23,29)26-21(27)25-20-16-8-4-6-14(16)12-15-7-5-9-17(15)20/h10-12,28H,4-9H2,1-3H3,(H3,23,25,26,27,29). The third-order valence-electron chi connectivity index (χ3n) is 5.90. The van der Waals surface area contributed by atoms with E-state index < -0.39 is 21.5 Å². The van der Waals surface area contributed by atoms with E-state index in [0.29, 0.717) is 11.4 Å². The van der Waals surface area contributed by atoms with Gasteiger partial charge in [0.1, 0.15) is 15.5 Å². The zero-order chi connectivity index (χ0) is 21.7. The van der Waals surface area contributed by atoms with E-state index in [1.807, 2.05) is 0 Å². The van der Waals surface area contributed by atoms with E-state index in [0.717, 1.165) is 44.2 Å². The third kappa shape index (κ3) is 3.87. The highest BCUT2D eigenvalue weighted by Crippen LogP contribution is 2.38. The molecule has 0 radical (unpaired) electrons. The average molecular weight is 429 g/mol. The Hall–Kier alpha value is -2.29. The minimum atomic E-state index is -3.48. The van der Waals surface area contributed by atoms with Gasteiger partial charge in [-0.25, -0.2) is 14.1 Å². The van der Waals surface area contributed by atoms with Gasteiger partial charge >= 0.3 is 6.03 Å². The van der Waals surface area contributed by atoms with Crippen molar-refractivity contribution < 1.29 is 14.1 Å². The summed E-state index contributed by atoms with van der Waals surface area (Å²) in [4.78, 5) is 17.2. The molecule has 1 atom stereocenters. The highest BCUT2D eigenvalue weighted by molar-refractivity contribution is 7.91. The summed E-state index contributed by atoms with van der Waals surface area (Å²) in [6, 6.07) is 4.65. The Kier molecular flexibility index (Phi) is 5.20. The maximum absolute atomic E-state index is 13.1. The molecule has 1 unspecified atom stereocenters. The summed E-state index contributed by atoms with van der Waals surface area (Å²) in [6.07, 6.45) is 6.05. The van der Waals surface area contributed by atoms with Gasteiger partial charge in [0, 0.05) is 5.69 Å². The van der Waals surface area contributed by atoms with E-state index in [4.69, 9.17) is 5.14 Å². The highest BCUT2D eigenvalue weighted by atomic mass is 32.2. The van der Waals surface area contributed by atoms with Gasteiger partial charge in [0.2, 0.25) is 0 Å². The molecule has 2 aliphatic rings. The van der Waals surface area contributed by atoms with Crippen LogP contribution in [0, 0.1) is 6.92 Å². The number of benzene rings is 1. The predicted molar refractivity (Wildman–Crippen MR) is 117 cm³/mol. The number of aromatic nitrogens is 1. The molecule has 30 heavy (non-hydrogen) atoms. The van der Waals surface area contributed by atoms with Gasteiger partial charge < -0.3 is 10.4 Å². The number of aliphatic hydroxyl groups is 1. The van der Waals surface area contributed by atoms with Crippen molar-refractivity contribution in [2.75, 3.05) is 5.32 Å². The summed E-state index contributed by atoms with van der Waals surface area (Å²) in [7, 11) is -3.48. The smallest absolute Gasteiger partial charge is 0.354 e. The monoisotopic (exact) mass is 428 g/mol. The zero-order valence-electron chi connectivity index (χ0n) is 17.6. The summed E-state index contributed by atoms with van der Waals surface area (Å²) in [5.41, 5.74) is 5.45. The Balaban J connectivity index is 1.67. The third-order valence-corrected chi connectivity index (χ3v) is 7.40. The van der Waals surface area contributed by atoms with Gasteiger partial charge in [-0.05, 0) is 93.7 Å². The van der Waals surface area contributed by atoms with Crippen molar-refractivity contribution in [2.24, 2.45) is 9.50 Å². The lowest BCUT2D eigenvalue weighted by atomic mass is 9.99. The van der Waals surface area contributed by atoms with Crippen molar-refractivity contribution in [3.8, 4) is 0 Å². The van der Waals surface area contributed by atoms with Crippen molar-refractivity contribution in [2.45, 2.75) is 69.8 Å². The fraction of sp³-hybridized carbons (Fsp3) is 0.455. The summed E-state index contributed by atoms with van der Waals surface area (Å²) >= 11 is 0. The van der Waals surface area contributed by atoms with Crippen molar-refractivity contribution in [1.82, 2.24) is 4.98 Å². The fourth-order valence-electron chi connectivity index (χ4n) is 4.47. The number of fused-ring (bicyclic) bond motifs is 2. The first-order chi connectivity index (χ1) is 14.1. The molecule has 2 aromatic rings. The lowest BCUT2D eigenvalue weighted by molar-refractivity contribution is 0.0735. The van der Waals surface area contributed by atoms with Gasteiger partial charge in [-0.2, -0.15) is 0 Å². The maximum atomic E-state index is 13.1. The first-order valence-electron chi connectivity index (χ1n) is 10.3. The zero-order valence-corrected chi connectivity index (χ0v) is 18.4. The Morgan fingerprint density at radius 1 is 1.17 bits per heavy atom. The van der Waals surface area contributed by atoms with Crippen LogP contribution in [0.15, 0.2) is 27.5 Å². The normalized spacial score (nSPS) is 17.2. The van der Waals surface area contributed by atoms with Crippen LogP contribution in [0.4, 0.5) is 10.5 Å². The predicted octanol–water partition coefficient (Wildman–Crippen LogP) is 3.53. The van der Waals surface area contributed by atoms with Gasteiger partial charge in [-0.15, -0.1) is 4.36 Å². The number of rotatable bonds is 3. The largest absolute Gasteiger partial charge is 0.384 e. The number of hydrogen-bond acceptors (Lipinski definition) is 4. The number of amides is 2. The van der Waals surface area contributed by atoms with Crippen LogP contribution in [-0.2, 0) is 41.2 Å². The number of urea groups is 1. The van der Waals surface area contributed by atoms with E-state index in [9.17, 15) is 14.1 Å². The molecule has 8 heteroatoms. The molecule has 0 fully saturated rings. The number of nitrogens with zero attached hydrogens (tertiary/aromatic N) is 2. The van der Waals surface area contributed by atoms with Crippen LogP contribution in [0.2, 0.25) is 0 Å². The molecule has 2 aliphatic carbocycles. The molecule has 2 amide bonds. The minimum absolute atomic E-state index is 0.189. The number of aryl methyl sites for hydroxylation is 3. The molecular formula is C22H28N4O3S. The molecule has 0 saturated heterocycles. The van der Waals surface area contributed by atoms with Gasteiger partial charge in [0.15, 0.2) is 0 Å². The lowest BCUT2D eigenvalue weighted by Crippen LogP contribution is -2.22. The molecule has 160 valence electrons. The van der Waals surface area contributed by atoms with Crippen LogP contribution in [0.3, 0.4) is 0 Å². The van der Waals surface area contributed by atoms with Crippen molar-refractivity contribution in [1.29, 1.82) is 0 Å². The van der Waals surface area contributed by atoms with Crippen molar-refractivity contribution in [3.63, 3.8) is 0 Å². The van der Waals surface area contributed by atoms with E-state index in [2.05, 4.69) is 20.7 Å². The first-order valence-corrected chi connectivity index (χ1v) is 11.9. The summed E-state index contributed by atoms with van der Waals surface area (Å²) in [5, 5.41) is 19.0. The quantitative estimate of drug-likeness (QED) is 0.693. The molecular weight excluding hydrogens is 400 g/mol. The average Bonchev–Trinajstić information content (AvgIpc) is 3.28. The van der Waals surface area contributed by atoms with Gasteiger partial charge in [-0.1, -0.05) is 6.07 Å². The van der Waals surface area contributed by atoms with Crippen LogP contribution in [0.5, 0.6) is 0 Å². The molecule has 4 rings (SSSR count). The molecule has 4 N–H and O–H groups in total. The number of carbonyl (C=O) groups is 1. The topological polar surface area (TPSA) is 118 Å². The molecule has 1 aromatic heterocycles. The van der Waals surface area contributed by atoms with Crippen LogP contribution in [0.1, 0.15) is 60.3 Å². The number of pyridine rings is 1. The van der Waals surface area contributed by atoms with E-state index >= 15 is 0 Å². The molecule has 0 aliphatic heterocycles. The Bertz CT molecular complexity index is 1130. The molecule has 1 aromatic carbocycles. The van der Waals surface area contributed by atoms with Crippen molar-refractivity contribution >= 4 is 21.6 Å². The number of carbonyl (C=O) groups excluding carboxylic acids is 1. The van der Waals surface area contributed by atoms with Crippen molar-refractivity contribution in [3.05, 3.63) is 51.8 Å². The lowest BCUT2D eigenvalue weighted by Gasteiger charge is -2.18. The fourth-order valence-corrected chi connectivity index (χ4v) is 5.59. The molecule has 0 bridgehead atoms. The van der Waals surface area contributed by atoms with Crippen LogP contribution in [0.25, 0.3) is 0 Å². The Labute approximate surface area is 177 Å². The maximum Gasteiger partial charge on any atom is 0.354 e. The second-order valence-electron chi connectivity index (χ2n) is 8.66. The number of nitrogens with one attached hydrogen (secondary N) is 1.